The minimum Gasteiger partial charge on any atom is -0.392 e. The molecule has 0 aromatic heterocycles. The maximum atomic E-state index is 11.8. The molecule has 4 nitrogen and oxygen atoms in total. The van der Waals surface area contributed by atoms with Crippen molar-refractivity contribution >= 4 is 27.5 Å². The van der Waals surface area contributed by atoms with Crippen molar-refractivity contribution in [2.24, 2.45) is 5.92 Å². The van der Waals surface area contributed by atoms with E-state index in [1.807, 2.05) is 18.2 Å². The van der Waals surface area contributed by atoms with Gasteiger partial charge < -0.3 is 15.3 Å². The zero-order valence-electron chi connectivity index (χ0n) is 11.0. The van der Waals surface area contributed by atoms with Gasteiger partial charge in [-0.25, -0.2) is 0 Å². The van der Waals surface area contributed by atoms with Crippen molar-refractivity contribution in [2.75, 3.05) is 25.0 Å². The molecule has 2 rings (SSSR count). The maximum absolute atomic E-state index is 11.8. The number of rotatable bonds is 3. The molecule has 5 heteroatoms. The number of halogens is 1. The highest BCUT2D eigenvalue weighted by Gasteiger charge is 2.26. The summed E-state index contributed by atoms with van der Waals surface area (Å²) in [6, 6.07) is 5.90. The number of carbonyl (C=O) groups is 1. The fraction of sp³-hybridized carbons (Fsp3) is 0.500. The zero-order valence-corrected chi connectivity index (χ0v) is 12.6. The summed E-state index contributed by atoms with van der Waals surface area (Å²) in [6.07, 6.45) is 1.93. The SMILES string of the molecule is CNC(=O)C1CCCN(c2ccc(Br)cc2CO)C1. The lowest BCUT2D eigenvalue weighted by Gasteiger charge is -2.34. The van der Waals surface area contributed by atoms with E-state index in [2.05, 4.69) is 26.1 Å². The minimum absolute atomic E-state index is 0.00984. The van der Waals surface area contributed by atoms with E-state index >= 15 is 0 Å². The highest BCUT2D eigenvalue weighted by molar-refractivity contribution is 9.10. The second-order valence-corrected chi connectivity index (χ2v) is 5.75. The molecule has 2 N–H and O–H groups in total. The summed E-state index contributed by atoms with van der Waals surface area (Å²) < 4.78 is 0.958. The maximum Gasteiger partial charge on any atom is 0.224 e. The molecule has 19 heavy (non-hydrogen) atoms. The number of benzene rings is 1. The highest BCUT2D eigenvalue weighted by atomic mass is 79.9. The number of hydrogen-bond acceptors (Lipinski definition) is 3. The van der Waals surface area contributed by atoms with Crippen LogP contribution in [0.3, 0.4) is 0 Å². The van der Waals surface area contributed by atoms with E-state index in [1.54, 1.807) is 7.05 Å². The summed E-state index contributed by atoms with van der Waals surface area (Å²) in [7, 11) is 1.68. The predicted octanol–water partition coefficient (Wildman–Crippen LogP) is 1.90. The molecule has 1 aromatic carbocycles. The van der Waals surface area contributed by atoms with Gasteiger partial charge in [-0.2, -0.15) is 0 Å². The van der Waals surface area contributed by atoms with Gasteiger partial charge >= 0.3 is 0 Å². The number of nitrogens with one attached hydrogen (secondary N) is 1. The van der Waals surface area contributed by atoms with Crippen molar-refractivity contribution in [3.63, 3.8) is 0 Å². The first-order valence-corrected chi connectivity index (χ1v) is 7.31. The summed E-state index contributed by atoms with van der Waals surface area (Å²) >= 11 is 3.41. The van der Waals surface area contributed by atoms with Crippen LogP contribution in [0.4, 0.5) is 5.69 Å². The Hall–Kier alpha value is -1.07. The summed E-state index contributed by atoms with van der Waals surface area (Å²) in [5.41, 5.74) is 1.92. The monoisotopic (exact) mass is 326 g/mol. The van der Waals surface area contributed by atoms with Crippen molar-refractivity contribution in [1.29, 1.82) is 0 Å². The summed E-state index contributed by atoms with van der Waals surface area (Å²) in [5.74, 6) is 0.140. The van der Waals surface area contributed by atoms with Crippen LogP contribution in [0.1, 0.15) is 18.4 Å². The molecule has 1 aliphatic rings. The van der Waals surface area contributed by atoms with Crippen LogP contribution in [0.2, 0.25) is 0 Å². The molecule has 1 saturated heterocycles. The van der Waals surface area contributed by atoms with Crippen molar-refractivity contribution in [2.45, 2.75) is 19.4 Å². The van der Waals surface area contributed by atoms with E-state index in [9.17, 15) is 9.90 Å². The van der Waals surface area contributed by atoms with Gasteiger partial charge in [0.1, 0.15) is 0 Å². The number of carbonyl (C=O) groups excluding carboxylic acids is 1. The van der Waals surface area contributed by atoms with Gasteiger partial charge in [-0.1, -0.05) is 15.9 Å². The number of nitrogens with zero attached hydrogens (tertiary/aromatic N) is 1. The Kier molecular flexibility index (Phi) is 4.82. The first kappa shape index (κ1) is 14.3. The Morgan fingerprint density at radius 1 is 1.58 bits per heavy atom. The molecule has 0 bridgehead atoms. The van der Waals surface area contributed by atoms with Crippen LogP contribution in [0.5, 0.6) is 0 Å². The zero-order chi connectivity index (χ0) is 13.8. The molecule has 1 atom stereocenters. The number of amides is 1. The van der Waals surface area contributed by atoms with E-state index in [-0.39, 0.29) is 18.4 Å². The van der Waals surface area contributed by atoms with Crippen LogP contribution in [0, 0.1) is 5.92 Å². The van der Waals surface area contributed by atoms with Crippen LogP contribution >= 0.6 is 15.9 Å². The van der Waals surface area contributed by atoms with Crippen LogP contribution in [0.15, 0.2) is 22.7 Å². The predicted molar refractivity (Wildman–Crippen MR) is 79.1 cm³/mol. The third kappa shape index (κ3) is 3.28. The van der Waals surface area contributed by atoms with Crippen LogP contribution in [0.25, 0.3) is 0 Å². The topological polar surface area (TPSA) is 52.6 Å². The molecule has 1 heterocycles. The van der Waals surface area contributed by atoms with Gasteiger partial charge in [-0.15, -0.1) is 0 Å². The summed E-state index contributed by atoms with van der Waals surface area (Å²) in [6.45, 7) is 1.66. The van der Waals surface area contributed by atoms with Crippen LogP contribution in [-0.4, -0.2) is 31.2 Å². The van der Waals surface area contributed by atoms with Gasteiger partial charge in [0, 0.05) is 35.9 Å². The lowest BCUT2D eigenvalue weighted by Crippen LogP contribution is -2.42. The molecule has 1 fully saturated rings. The van der Waals surface area contributed by atoms with Crippen LogP contribution in [-0.2, 0) is 11.4 Å². The van der Waals surface area contributed by atoms with Gasteiger partial charge in [0.25, 0.3) is 0 Å². The Balaban J connectivity index is 2.19. The van der Waals surface area contributed by atoms with Gasteiger partial charge in [-0.3, -0.25) is 4.79 Å². The molecule has 1 amide bonds. The van der Waals surface area contributed by atoms with Crippen molar-refractivity contribution < 1.29 is 9.90 Å². The standard InChI is InChI=1S/C14H19BrN2O2/c1-16-14(19)10-3-2-6-17(8-10)13-5-4-12(15)7-11(13)9-18/h4-5,7,10,18H,2-3,6,8-9H2,1H3,(H,16,19). The number of hydrogen-bond donors (Lipinski definition) is 2. The second-order valence-electron chi connectivity index (χ2n) is 4.83. The average Bonchev–Trinajstić information content (AvgIpc) is 2.46. The van der Waals surface area contributed by atoms with E-state index < -0.39 is 0 Å². The Morgan fingerprint density at radius 3 is 3.05 bits per heavy atom. The van der Waals surface area contributed by atoms with E-state index in [0.717, 1.165) is 35.1 Å². The second kappa shape index (κ2) is 6.39. The van der Waals surface area contributed by atoms with Crippen LogP contribution < -0.4 is 10.2 Å². The number of aliphatic hydroxyl groups is 1. The lowest BCUT2D eigenvalue weighted by molar-refractivity contribution is -0.124. The fourth-order valence-corrected chi connectivity index (χ4v) is 3.01. The molecule has 1 aromatic rings. The molecule has 1 unspecified atom stereocenters. The van der Waals surface area contributed by atoms with E-state index in [1.165, 1.54) is 0 Å². The van der Waals surface area contributed by atoms with Crippen molar-refractivity contribution in [1.82, 2.24) is 5.32 Å². The minimum atomic E-state index is 0.00984. The normalized spacial score (nSPS) is 19.3. The number of aliphatic hydroxyl groups excluding tert-OH is 1. The molecule has 1 aliphatic heterocycles. The molecule has 0 aliphatic carbocycles. The molecule has 104 valence electrons. The average molecular weight is 327 g/mol. The fourth-order valence-electron chi connectivity index (χ4n) is 2.60. The van der Waals surface area contributed by atoms with E-state index in [4.69, 9.17) is 0 Å². The summed E-state index contributed by atoms with van der Waals surface area (Å²) in [4.78, 5) is 14.0. The molecular formula is C14H19BrN2O2. The molecule has 0 saturated carbocycles. The van der Waals surface area contributed by atoms with Gasteiger partial charge in [0.05, 0.1) is 12.5 Å². The van der Waals surface area contributed by atoms with Gasteiger partial charge in [0.15, 0.2) is 0 Å². The lowest BCUT2D eigenvalue weighted by atomic mass is 9.96. The largest absolute Gasteiger partial charge is 0.392 e. The van der Waals surface area contributed by atoms with Crippen molar-refractivity contribution in [3.05, 3.63) is 28.2 Å². The first-order chi connectivity index (χ1) is 9.15. The van der Waals surface area contributed by atoms with Gasteiger partial charge in [0.2, 0.25) is 5.91 Å². The first-order valence-electron chi connectivity index (χ1n) is 6.51. The highest BCUT2D eigenvalue weighted by Crippen LogP contribution is 2.28. The molecule has 0 radical (unpaired) electrons. The summed E-state index contributed by atoms with van der Waals surface area (Å²) in [5, 5.41) is 12.2. The number of anilines is 1. The number of piperidine rings is 1. The Labute approximate surface area is 121 Å². The third-order valence-electron chi connectivity index (χ3n) is 3.59. The molecule has 0 spiro atoms. The quantitative estimate of drug-likeness (QED) is 0.892. The Morgan fingerprint density at radius 2 is 2.37 bits per heavy atom. The van der Waals surface area contributed by atoms with Gasteiger partial charge in [-0.05, 0) is 31.0 Å². The smallest absolute Gasteiger partial charge is 0.224 e. The molecular weight excluding hydrogens is 308 g/mol. The van der Waals surface area contributed by atoms with E-state index in [0.29, 0.717) is 6.54 Å². The van der Waals surface area contributed by atoms with Crippen molar-refractivity contribution in [3.8, 4) is 0 Å². The Bertz CT molecular complexity index is 465. The third-order valence-corrected chi connectivity index (χ3v) is 4.08.